The standard InChI is InChI=1S/C17H21N3O2S/c1-11(9-15-8-3-12(2)23-15)20-16(21)14-6-4-13(5-7-14)10-19-17(18)22/h3-8,11H,9-10H2,1-2H3,(H,20,21)(H3,18,19,22). The van der Waals surface area contributed by atoms with Gasteiger partial charge in [-0.25, -0.2) is 4.79 Å². The van der Waals surface area contributed by atoms with Crippen LogP contribution in [0, 0.1) is 6.92 Å². The zero-order chi connectivity index (χ0) is 16.8. The van der Waals surface area contributed by atoms with Gasteiger partial charge in [-0.05, 0) is 43.7 Å². The summed E-state index contributed by atoms with van der Waals surface area (Å²) in [5, 5.41) is 5.51. The van der Waals surface area contributed by atoms with E-state index in [1.165, 1.54) is 9.75 Å². The van der Waals surface area contributed by atoms with Crippen molar-refractivity contribution in [3.63, 3.8) is 0 Å². The number of amides is 3. The summed E-state index contributed by atoms with van der Waals surface area (Å²) in [6.45, 7) is 4.43. The predicted octanol–water partition coefficient (Wildman–Crippen LogP) is 2.59. The zero-order valence-corrected chi connectivity index (χ0v) is 14.1. The van der Waals surface area contributed by atoms with Crippen LogP contribution >= 0.6 is 11.3 Å². The highest BCUT2D eigenvalue weighted by Gasteiger charge is 2.11. The number of primary amides is 1. The molecule has 4 N–H and O–H groups in total. The minimum Gasteiger partial charge on any atom is -0.352 e. The van der Waals surface area contributed by atoms with Crippen LogP contribution in [0.3, 0.4) is 0 Å². The lowest BCUT2D eigenvalue weighted by molar-refractivity contribution is 0.0940. The molecule has 3 amide bonds. The molecular formula is C17H21N3O2S. The maximum Gasteiger partial charge on any atom is 0.312 e. The smallest absolute Gasteiger partial charge is 0.312 e. The molecule has 0 fully saturated rings. The van der Waals surface area contributed by atoms with Crippen LogP contribution < -0.4 is 16.4 Å². The van der Waals surface area contributed by atoms with E-state index in [9.17, 15) is 9.59 Å². The molecule has 0 aliphatic heterocycles. The van der Waals surface area contributed by atoms with Crippen molar-refractivity contribution in [3.8, 4) is 0 Å². The van der Waals surface area contributed by atoms with E-state index in [0.29, 0.717) is 12.1 Å². The van der Waals surface area contributed by atoms with Gasteiger partial charge in [0, 0.05) is 34.3 Å². The second-order valence-electron chi connectivity index (χ2n) is 5.51. The van der Waals surface area contributed by atoms with Gasteiger partial charge in [-0.2, -0.15) is 0 Å². The van der Waals surface area contributed by atoms with E-state index in [4.69, 9.17) is 5.73 Å². The summed E-state index contributed by atoms with van der Waals surface area (Å²) >= 11 is 1.75. The normalized spacial score (nSPS) is 11.7. The maximum atomic E-state index is 12.2. The van der Waals surface area contributed by atoms with E-state index >= 15 is 0 Å². The molecule has 2 aromatic rings. The second-order valence-corrected chi connectivity index (χ2v) is 6.88. The highest BCUT2D eigenvalue weighted by Crippen LogP contribution is 2.16. The number of carbonyl (C=O) groups excluding carboxylic acids is 2. The molecule has 0 spiro atoms. The Kier molecular flexibility index (Phi) is 5.76. The van der Waals surface area contributed by atoms with Crippen LogP contribution in [0.1, 0.15) is 32.6 Å². The Bertz CT molecular complexity index is 679. The van der Waals surface area contributed by atoms with Gasteiger partial charge in [-0.3, -0.25) is 4.79 Å². The second kappa shape index (κ2) is 7.78. The third-order valence-corrected chi connectivity index (χ3v) is 4.39. The first-order chi connectivity index (χ1) is 10.9. The molecular weight excluding hydrogens is 310 g/mol. The molecule has 0 saturated carbocycles. The monoisotopic (exact) mass is 331 g/mol. The third kappa shape index (κ3) is 5.41. The number of hydrogen-bond acceptors (Lipinski definition) is 3. The van der Waals surface area contributed by atoms with Crippen LogP contribution in [0.4, 0.5) is 4.79 Å². The SMILES string of the molecule is Cc1ccc(CC(C)NC(=O)c2ccc(CNC(N)=O)cc2)s1. The van der Waals surface area contributed by atoms with E-state index in [-0.39, 0.29) is 11.9 Å². The van der Waals surface area contributed by atoms with Gasteiger partial charge in [0.1, 0.15) is 0 Å². The number of benzene rings is 1. The summed E-state index contributed by atoms with van der Waals surface area (Å²) in [5.41, 5.74) is 6.51. The van der Waals surface area contributed by atoms with E-state index in [1.807, 2.05) is 6.92 Å². The van der Waals surface area contributed by atoms with Gasteiger partial charge in [0.2, 0.25) is 0 Å². The van der Waals surface area contributed by atoms with Crippen molar-refractivity contribution < 1.29 is 9.59 Å². The Morgan fingerprint density at radius 2 is 1.87 bits per heavy atom. The van der Waals surface area contributed by atoms with Crippen molar-refractivity contribution in [1.82, 2.24) is 10.6 Å². The number of thiophene rings is 1. The number of urea groups is 1. The molecule has 1 unspecified atom stereocenters. The molecule has 0 bridgehead atoms. The van der Waals surface area contributed by atoms with Crippen molar-refractivity contribution in [2.45, 2.75) is 32.9 Å². The highest BCUT2D eigenvalue weighted by atomic mass is 32.1. The summed E-state index contributed by atoms with van der Waals surface area (Å²) in [5.74, 6) is -0.0970. The van der Waals surface area contributed by atoms with Crippen molar-refractivity contribution in [1.29, 1.82) is 0 Å². The fourth-order valence-corrected chi connectivity index (χ4v) is 3.24. The van der Waals surface area contributed by atoms with Crippen LogP contribution in [0.15, 0.2) is 36.4 Å². The number of rotatable bonds is 6. The van der Waals surface area contributed by atoms with Gasteiger partial charge in [0.25, 0.3) is 5.91 Å². The predicted molar refractivity (Wildman–Crippen MR) is 92.6 cm³/mol. The van der Waals surface area contributed by atoms with Gasteiger partial charge in [-0.15, -0.1) is 11.3 Å². The average Bonchev–Trinajstić information content (AvgIpc) is 2.90. The van der Waals surface area contributed by atoms with E-state index in [2.05, 4.69) is 29.7 Å². The molecule has 122 valence electrons. The minimum absolute atomic E-state index is 0.0664. The summed E-state index contributed by atoms with van der Waals surface area (Å²) in [6.07, 6.45) is 0.824. The minimum atomic E-state index is -0.565. The molecule has 23 heavy (non-hydrogen) atoms. The summed E-state index contributed by atoms with van der Waals surface area (Å²) in [7, 11) is 0. The van der Waals surface area contributed by atoms with Crippen molar-refractivity contribution in [2.75, 3.05) is 0 Å². The molecule has 2 rings (SSSR count). The number of carbonyl (C=O) groups is 2. The van der Waals surface area contributed by atoms with E-state index in [0.717, 1.165) is 12.0 Å². The molecule has 0 aliphatic rings. The van der Waals surface area contributed by atoms with E-state index in [1.54, 1.807) is 35.6 Å². The van der Waals surface area contributed by atoms with Crippen molar-refractivity contribution in [3.05, 3.63) is 57.3 Å². The zero-order valence-electron chi connectivity index (χ0n) is 13.3. The molecule has 1 atom stereocenters. The van der Waals surface area contributed by atoms with Gasteiger partial charge >= 0.3 is 6.03 Å². The Hall–Kier alpha value is -2.34. The maximum absolute atomic E-state index is 12.2. The number of nitrogens with two attached hydrogens (primary N) is 1. The fraction of sp³-hybridized carbons (Fsp3) is 0.294. The molecule has 0 radical (unpaired) electrons. The van der Waals surface area contributed by atoms with Gasteiger partial charge < -0.3 is 16.4 Å². The number of aryl methyl sites for hydroxylation is 1. The molecule has 5 nitrogen and oxygen atoms in total. The molecule has 1 aromatic carbocycles. The molecule has 1 aromatic heterocycles. The van der Waals surface area contributed by atoms with Crippen LogP contribution in [-0.4, -0.2) is 18.0 Å². The average molecular weight is 331 g/mol. The summed E-state index contributed by atoms with van der Waals surface area (Å²) < 4.78 is 0. The Labute approximate surface area is 139 Å². The fourth-order valence-electron chi connectivity index (χ4n) is 2.22. The van der Waals surface area contributed by atoms with Crippen molar-refractivity contribution >= 4 is 23.3 Å². The first-order valence-corrected chi connectivity index (χ1v) is 8.24. The van der Waals surface area contributed by atoms with Crippen molar-refractivity contribution in [2.24, 2.45) is 5.73 Å². The summed E-state index contributed by atoms with van der Waals surface area (Å²) in [6, 6.07) is 10.8. The highest BCUT2D eigenvalue weighted by molar-refractivity contribution is 7.11. The third-order valence-electron chi connectivity index (χ3n) is 3.36. The Morgan fingerprint density at radius 3 is 2.43 bits per heavy atom. The first kappa shape index (κ1) is 17.0. The Balaban J connectivity index is 1.88. The molecule has 1 heterocycles. The van der Waals surface area contributed by atoms with Crippen LogP contribution in [0.25, 0.3) is 0 Å². The quantitative estimate of drug-likeness (QED) is 0.760. The molecule has 0 aliphatic carbocycles. The topological polar surface area (TPSA) is 84.2 Å². The first-order valence-electron chi connectivity index (χ1n) is 7.42. The van der Waals surface area contributed by atoms with Crippen LogP contribution in [0.5, 0.6) is 0 Å². The van der Waals surface area contributed by atoms with Gasteiger partial charge in [0.05, 0.1) is 0 Å². The lowest BCUT2D eigenvalue weighted by atomic mass is 10.1. The molecule has 0 saturated heterocycles. The number of hydrogen-bond donors (Lipinski definition) is 3. The van der Waals surface area contributed by atoms with E-state index < -0.39 is 6.03 Å². The molecule has 6 heteroatoms. The lowest BCUT2D eigenvalue weighted by Gasteiger charge is -2.13. The Morgan fingerprint density at radius 1 is 1.17 bits per heavy atom. The summed E-state index contributed by atoms with van der Waals surface area (Å²) in [4.78, 5) is 25.4. The lowest BCUT2D eigenvalue weighted by Crippen LogP contribution is -2.33. The van der Waals surface area contributed by atoms with Crippen LogP contribution in [0.2, 0.25) is 0 Å². The number of nitrogens with one attached hydrogen (secondary N) is 2. The largest absolute Gasteiger partial charge is 0.352 e. The van der Waals surface area contributed by atoms with Gasteiger partial charge in [0.15, 0.2) is 0 Å². The van der Waals surface area contributed by atoms with Crippen LogP contribution in [-0.2, 0) is 13.0 Å². The van der Waals surface area contributed by atoms with Gasteiger partial charge in [-0.1, -0.05) is 12.1 Å².